The van der Waals surface area contributed by atoms with Crippen molar-refractivity contribution in [3.63, 3.8) is 0 Å². The summed E-state index contributed by atoms with van der Waals surface area (Å²) in [5, 5.41) is 9.05. The van der Waals surface area contributed by atoms with Gasteiger partial charge in [-0.25, -0.2) is 4.79 Å². The van der Waals surface area contributed by atoms with Crippen LogP contribution >= 0.6 is 0 Å². The second kappa shape index (κ2) is 6.57. The van der Waals surface area contributed by atoms with Crippen molar-refractivity contribution in [3.8, 4) is 0 Å². The molecule has 7 nitrogen and oxygen atoms in total. The van der Waals surface area contributed by atoms with Crippen molar-refractivity contribution < 1.29 is 29.0 Å². The zero-order valence-corrected chi connectivity index (χ0v) is 12.3. The molecule has 1 N–H and O–H groups in total. The van der Waals surface area contributed by atoms with Crippen LogP contribution in [-0.4, -0.2) is 49.3 Å². The first kappa shape index (κ1) is 16.0. The van der Waals surface area contributed by atoms with E-state index in [0.29, 0.717) is 17.8 Å². The number of aliphatic carboxylic acids is 1. The average Bonchev–Trinajstić information content (AvgIpc) is 2.53. The molecule has 0 aliphatic carbocycles. The number of rotatable bonds is 4. The highest BCUT2D eigenvalue weighted by Crippen LogP contribution is 2.23. The molecule has 1 saturated heterocycles. The van der Waals surface area contributed by atoms with Crippen LogP contribution in [0.4, 0.5) is 5.69 Å². The Bertz CT molecular complexity index is 599. The Hall–Kier alpha value is -2.41. The van der Waals surface area contributed by atoms with Crippen molar-refractivity contribution in [3.05, 3.63) is 29.8 Å². The summed E-state index contributed by atoms with van der Waals surface area (Å²) < 4.78 is 9.95. The van der Waals surface area contributed by atoms with E-state index in [1.165, 1.54) is 25.0 Å². The third-order valence-corrected chi connectivity index (χ3v) is 3.54. The third kappa shape index (κ3) is 3.09. The summed E-state index contributed by atoms with van der Waals surface area (Å²) in [5.74, 6) is -2.97. The standard InChI is InChI=1S/C15H17NO6/c1-9(14(18)19)12-13(17)16(6-7-22-12)11-5-3-4-10(8-11)15(20)21-2/h3-5,8-9,12H,6-7H2,1-2H3,(H,18,19). The summed E-state index contributed by atoms with van der Waals surface area (Å²) in [6, 6.07) is 6.44. The van der Waals surface area contributed by atoms with Gasteiger partial charge < -0.3 is 19.5 Å². The Morgan fingerprint density at radius 1 is 1.45 bits per heavy atom. The molecule has 1 aliphatic heterocycles. The molecule has 0 aromatic heterocycles. The van der Waals surface area contributed by atoms with E-state index >= 15 is 0 Å². The van der Waals surface area contributed by atoms with Crippen molar-refractivity contribution in [1.29, 1.82) is 0 Å². The molecule has 7 heteroatoms. The molecule has 1 amide bonds. The number of esters is 1. The zero-order chi connectivity index (χ0) is 16.3. The summed E-state index contributed by atoms with van der Waals surface area (Å²) in [7, 11) is 1.28. The van der Waals surface area contributed by atoms with Crippen LogP contribution in [0.5, 0.6) is 0 Å². The van der Waals surface area contributed by atoms with Crippen LogP contribution in [-0.2, 0) is 19.1 Å². The molecule has 1 fully saturated rings. The van der Waals surface area contributed by atoms with Gasteiger partial charge in [0.05, 0.1) is 25.2 Å². The summed E-state index contributed by atoms with van der Waals surface area (Å²) in [6.07, 6.45) is -1.03. The maximum atomic E-state index is 12.4. The highest BCUT2D eigenvalue weighted by molar-refractivity contribution is 6.00. The average molecular weight is 307 g/mol. The second-order valence-electron chi connectivity index (χ2n) is 4.95. The van der Waals surface area contributed by atoms with Gasteiger partial charge in [-0.05, 0) is 25.1 Å². The molecule has 118 valence electrons. The minimum Gasteiger partial charge on any atom is -0.481 e. The van der Waals surface area contributed by atoms with Crippen LogP contribution < -0.4 is 4.90 Å². The Morgan fingerprint density at radius 2 is 2.18 bits per heavy atom. The summed E-state index contributed by atoms with van der Waals surface area (Å²) in [6.45, 7) is 1.96. The van der Waals surface area contributed by atoms with Crippen LogP contribution in [0.3, 0.4) is 0 Å². The van der Waals surface area contributed by atoms with Gasteiger partial charge in [0, 0.05) is 12.2 Å². The van der Waals surface area contributed by atoms with E-state index in [2.05, 4.69) is 4.74 Å². The van der Waals surface area contributed by atoms with Gasteiger partial charge in [-0.15, -0.1) is 0 Å². The van der Waals surface area contributed by atoms with Crippen LogP contribution in [0.15, 0.2) is 24.3 Å². The van der Waals surface area contributed by atoms with Gasteiger partial charge >= 0.3 is 11.9 Å². The number of hydrogen-bond acceptors (Lipinski definition) is 5. The minimum absolute atomic E-state index is 0.233. The number of carbonyl (C=O) groups excluding carboxylic acids is 2. The van der Waals surface area contributed by atoms with Crippen molar-refractivity contribution >= 4 is 23.5 Å². The van der Waals surface area contributed by atoms with Crippen molar-refractivity contribution in [2.24, 2.45) is 5.92 Å². The molecule has 2 unspecified atom stereocenters. The maximum Gasteiger partial charge on any atom is 0.337 e. The fourth-order valence-electron chi connectivity index (χ4n) is 2.27. The molecule has 1 aromatic rings. The number of anilines is 1. The Labute approximate surface area is 127 Å². The first-order valence-corrected chi connectivity index (χ1v) is 6.80. The van der Waals surface area contributed by atoms with Gasteiger partial charge in [0.2, 0.25) is 0 Å². The van der Waals surface area contributed by atoms with E-state index in [1.807, 2.05) is 0 Å². The molecule has 0 spiro atoms. The molecule has 0 bridgehead atoms. The SMILES string of the molecule is COC(=O)c1cccc(N2CCOC(C(C)C(=O)O)C2=O)c1. The number of morpholine rings is 1. The molecular weight excluding hydrogens is 290 g/mol. The van der Waals surface area contributed by atoms with Gasteiger partial charge in [-0.2, -0.15) is 0 Å². The van der Waals surface area contributed by atoms with Crippen molar-refractivity contribution in [1.82, 2.24) is 0 Å². The largest absolute Gasteiger partial charge is 0.481 e. The van der Waals surface area contributed by atoms with Crippen molar-refractivity contribution in [2.45, 2.75) is 13.0 Å². The van der Waals surface area contributed by atoms with E-state index in [4.69, 9.17) is 9.84 Å². The topological polar surface area (TPSA) is 93.1 Å². The van der Waals surface area contributed by atoms with E-state index in [1.54, 1.807) is 18.2 Å². The smallest absolute Gasteiger partial charge is 0.337 e. The predicted molar refractivity (Wildman–Crippen MR) is 76.7 cm³/mol. The Balaban J connectivity index is 2.26. The lowest BCUT2D eigenvalue weighted by Gasteiger charge is -2.34. The molecule has 2 rings (SSSR count). The molecule has 22 heavy (non-hydrogen) atoms. The van der Waals surface area contributed by atoms with Crippen LogP contribution in [0, 0.1) is 5.92 Å². The minimum atomic E-state index is -1.09. The number of carboxylic acid groups (broad SMARTS) is 1. The molecule has 1 aliphatic rings. The molecular formula is C15H17NO6. The highest BCUT2D eigenvalue weighted by Gasteiger charge is 2.37. The fraction of sp³-hybridized carbons (Fsp3) is 0.400. The molecule has 0 saturated carbocycles. The maximum absolute atomic E-state index is 12.4. The normalized spacial score (nSPS) is 19.6. The lowest BCUT2D eigenvalue weighted by atomic mass is 10.0. The Kier molecular flexibility index (Phi) is 4.77. The number of methoxy groups -OCH3 is 1. The van der Waals surface area contributed by atoms with Crippen LogP contribution in [0.1, 0.15) is 17.3 Å². The first-order valence-electron chi connectivity index (χ1n) is 6.80. The zero-order valence-electron chi connectivity index (χ0n) is 12.3. The van der Waals surface area contributed by atoms with Gasteiger partial charge in [0.25, 0.3) is 5.91 Å². The van der Waals surface area contributed by atoms with Gasteiger partial charge in [-0.1, -0.05) is 6.07 Å². The number of amides is 1. The van der Waals surface area contributed by atoms with E-state index in [0.717, 1.165) is 0 Å². The van der Waals surface area contributed by atoms with E-state index < -0.39 is 29.9 Å². The van der Waals surface area contributed by atoms with E-state index in [-0.39, 0.29) is 6.61 Å². The van der Waals surface area contributed by atoms with Gasteiger partial charge in [0.1, 0.15) is 6.10 Å². The second-order valence-corrected chi connectivity index (χ2v) is 4.95. The number of nitrogens with zero attached hydrogens (tertiary/aromatic N) is 1. The predicted octanol–water partition coefficient (Wildman–Crippen LogP) is 0.926. The summed E-state index contributed by atoms with van der Waals surface area (Å²) in [5.41, 5.74) is 0.834. The fourth-order valence-corrected chi connectivity index (χ4v) is 2.27. The Morgan fingerprint density at radius 3 is 2.82 bits per heavy atom. The third-order valence-electron chi connectivity index (χ3n) is 3.54. The number of hydrogen-bond donors (Lipinski definition) is 1. The van der Waals surface area contributed by atoms with E-state index in [9.17, 15) is 14.4 Å². The van der Waals surface area contributed by atoms with Gasteiger partial charge in [-0.3, -0.25) is 9.59 Å². The van der Waals surface area contributed by atoms with Crippen LogP contribution in [0.25, 0.3) is 0 Å². The van der Waals surface area contributed by atoms with Gasteiger partial charge in [0.15, 0.2) is 0 Å². The molecule has 0 radical (unpaired) electrons. The monoisotopic (exact) mass is 307 g/mol. The van der Waals surface area contributed by atoms with Crippen molar-refractivity contribution in [2.75, 3.05) is 25.2 Å². The summed E-state index contributed by atoms with van der Waals surface area (Å²) >= 11 is 0. The van der Waals surface area contributed by atoms with Crippen LogP contribution in [0.2, 0.25) is 0 Å². The molecule has 2 atom stereocenters. The first-order chi connectivity index (χ1) is 10.5. The lowest BCUT2D eigenvalue weighted by Crippen LogP contribution is -2.51. The highest BCUT2D eigenvalue weighted by atomic mass is 16.5. The summed E-state index contributed by atoms with van der Waals surface area (Å²) in [4.78, 5) is 36.5. The lowest BCUT2D eigenvalue weighted by molar-refractivity contribution is -0.154. The number of carbonyl (C=O) groups is 3. The number of carboxylic acids is 1. The molecule has 1 heterocycles. The number of benzene rings is 1. The molecule has 1 aromatic carbocycles. The number of ether oxygens (including phenoxy) is 2. The quantitative estimate of drug-likeness (QED) is 0.832.